The van der Waals surface area contributed by atoms with Crippen molar-refractivity contribution >= 4 is 59.1 Å². The molecule has 0 atom stereocenters. The lowest BCUT2D eigenvalue weighted by molar-refractivity contribution is -0.122. The first-order chi connectivity index (χ1) is 70.6. The summed E-state index contributed by atoms with van der Waals surface area (Å²) in [6, 6.07) is 21.7. The number of hydrogen-bond acceptors (Lipinski definition) is 32. The zero-order valence-corrected chi connectivity index (χ0v) is 90.8. The molecule has 0 aliphatic rings. The Kier molecular flexibility index (Phi) is 71.7. The SMILES string of the molecule is CC(C)CC(=O)NCc1cccnn1.CC(C)CC(=O)NCc1ccncn1.CC(C)CC(=O)NCc1ccncn1.CC(C)CC(=O)NCc1ccnnc1.CC(C)CC(=O)NCc1cnccn1.CC(C)CC(=O)NCc1ncccn1.COc1cccc(CNC(=O)CC(C)C)n1.COc1ccnc(CNC(=O)CC(C)C)n1.COc1cnc(CNC(=O)CC(C)C)cn1.COc1ncccc1CNC(=O)CC(C)C. The van der Waals surface area contributed by atoms with E-state index in [1.807, 2.05) is 175 Å². The molecule has 0 saturated heterocycles. The first kappa shape index (κ1) is 131. The second kappa shape index (κ2) is 81.1. The molecule has 42 nitrogen and oxygen atoms in total. The number of rotatable bonds is 44. The van der Waals surface area contributed by atoms with Gasteiger partial charge in [0.2, 0.25) is 82.6 Å². The Morgan fingerprint density at radius 1 is 0.236 bits per heavy atom. The van der Waals surface area contributed by atoms with E-state index in [1.54, 1.807) is 138 Å². The normalized spacial score (nSPS) is 10.2. The maximum atomic E-state index is 11.5. The van der Waals surface area contributed by atoms with Crippen molar-refractivity contribution in [2.45, 2.75) is 268 Å². The largest absolute Gasteiger partial charge is 0.481 e. The Hall–Kier alpha value is -15.2. The van der Waals surface area contributed by atoms with E-state index in [2.05, 4.69) is 143 Å². The number of amides is 10. The fraction of sp³-hybridized carbons (Fsp3) is 0.509. The molecule has 0 fully saturated rings. The van der Waals surface area contributed by atoms with Gasteiger partial charge in [0.05, 0.1) is 140 Å². The number of nitrogens with zero attached hydrogens (tertiary/aromatic N) is 18. The second-order valence-electron chi connectivity index (χ2n) is 37.4. The third kappa shape index (κ3) is 74.7. The van der Waals surface area contributed by atoms with Crippen molar-refractivity contribution in [3.05, 3.63) is 229 Å². The van der Waals surface area contributed by atoms with Crippen molar-refractivity contribution in [3.8, 4) is 23.5 Å². The number of ether oxygens (including phenoxy) is 4. The van der Waals surface area contributed by atoms with Crippen LogP contribution in [-0.4, -0.2) is 178 Å². The number of aromatic nitrogens is 18. The number of carbonyl (C=O) groups is 10. The van der Waals surface area contributed by atoms with E-state index in [0.717, 1.165) is 45.3 Å². The highest BCUT2D eigenvalue weighted by Gasteiger charge is 2.15. The van der Waals surface area contributed by atoms with Gasteiger partial charge < -0.3 is 72.1 Å². The Morgan fingerprint density at radius 2 is 0.615 bits per heavy atom. The highest BCUT2D eigenvalue weighted by molar-refractivity contribution is 5.79. The highest BCUT2D eigenvalue weighted by Crippen LogP contribution is 2.15. The Balaban J connectivity index is 0.000000823. The first-order valence-corrected chi connectivity index (χ1v) is 49.5. The molecule has 10 aromatic rings. The standard InChI is InChI=1S/2C12H18N2O2.2C11H17N3O2.6C10H15N3O/c1-9(2)7-11(15)14-8-10-5-4-6-13-12(10)16-3;1-9(2)7-11(15)13-8-10-5-4-6-12(14-10)16-3;1-8(2)4-10(15)13-5-9-6-14-11(16-3)7-12-9;1-8(2)6-10(15)13-7-9-12-5-4-11(14-9)16-3;1-8(2)5-10(14)13-7-9-6-11-3-4-12-9;2*1-8(2)5-10(14)12-6-9-3-4-11-7-13-9;1-8(2)5-10(14)11-6-9-3-4-12-13-7-9;1-8(2)6-10(14)13-7-9-11-4-3-5-12-9;1-8(2)6-10(14)11-7-9-4-3-5-12-13-9/h4-6,9H,7-8H2,1-3H3,(H,14,15);4-6,9H,7-8H2,1-3H3,(H,13,15);6-8H,4-5H2,1-3H3,(H,13,15);4-5,8H,6-7H2,1-3H3,(H,13,15);3-4,6,8H,5,7H2,1-2H3,(H,13,14);2*3-4,7-8H,5-6H2,1-2H3,(H,12,14);3-4,7-8H,5-6H2,1-2H3,(H,11,14);3-5,8H,6-7H2,1-2H3,(H,13,14);3-5,8H,6-7H2,1-2H3,(H,11,14). The summed E-state index contributed by atoms with van der Waals surface area (Å²) in [5.74, 6) is 7.63. The van der Waals surface area contributed by atoms with Gasteiger partial charge >= 0.3 is 0 Å². The topological polar surface area (TPSA) is 560 Å². The predicted molar refractivity (Wildman–Crippen MR) is 564 cm³/mol. The average molecular weight is 2050 g/mol. The average Bonchev–Trinajstić information content (AvgIpc) is 0.897. The minimum absolute atomic E-state index is 0.0152. The van der Waals surface area contributed by atoms with Crippen molar-refractivity contribution in [3.63, 3.8) is 0 Å². The molecule has 808 valence electrons. The molecule has 10 amide bonds. The van der Waals surface area contributed by atoms with Crippen LogP contribution in [-0.2, 0) is 113 Å². The maximum absolute atomic E-state index is 11.5. The van der Waals surface area contributed by atoms with Crippen LogP contribution in [0.2, 0.25) is 0 Å². The quantitative estimate of drug-likeness (QED) is 0.0169. The Morgan fingerprint density at radius 3 is 0.993 bits per heavy atom. The summed E-state index contributed by atoms with van der Waals surface area (Å²) < 4.78 is 19.9. The van der Waals surface area contributed by atoms with Crippen molar-refractivity contribution in [2.24, 2.45) is 59.2 Å². The maximum Gasteiger partial charge on any atom is 0.231 e. The molecular formula is C106H160N28O14. The van der Waals surface area contributed by atoms with E-state index in [4.69, 9.17) is 18.9 Å². The third-order valence-corrected chi connectivity index (χ3v) is 18.2. The van der Waals surface area contributed by atoms with E-state index in [0.29, 0.717) is 224 Å². The van der Waals surface area contributed by atoms with Gasteiger partial charge in [-0.15, -0.1) is 0 Å². The Labute approximate surface area is 873 Å². The summed E-state index contributed by atoms with van der Waals surface area (Å²) in [7, 11) is 6.22. The summed E-state index contributed by atoms with van der Waals surface area (Å²) in [5.41, 5.74) is 6.61. The summed E-state index contributed by atoms with van der Waals surface area (Å²) in [6.07, 6.45) is 31.2. The van der Waals surface area contributed by atoms with Gasteiger partial charge in [-0.25, -0.2) is 49.8 Å². The smallest absolute Gasteiger partial charge is 0.231 e. The van der Waals surface area contributed by atoms with Crippen LogP contribution >= 0.6 is 0 Å². The van der Waals surface area contributed by atoms with Crippen molar-refractivity contribution in [2.75, 3.05) is 28.4 Å². The van der Waals surface area contributed by atoms with Crippen molar-refractivity contribution < 1.29 is 66.9 Å². The molecule has 42 heteroatoms. The molecule has 0 unspecified atom stereocenters. The van der Waals surface area contributed by atoms with E-state index in [9.17, 15) is 47.9 Å². The lowest BCUT2D eigenvalue weighted by Crippen LogP contribution is -2.24. The highest BCUT2D eigenvalue weighted by atomic mass is 16.5. The number of nitrogens with one attached hydrogen (secondary N) is 10. The summed E-state index contributed by atoms with van der Waals surface area (Å²) in [4.78, 5) is 169. The van der Waals surface area contributed by atoms with Crippen molar-refractivity contribution in [1.29, 1.82) is 0 Å². The van der Waals surface area contributed by atoms with Gasteiger partial charge in [0, 0.05) is 157 Å². The van der Waals surface area contributed by atoms with Crippen LogP contribution in [0.4, 0.5) is 0 Å². The third-order valence-electron chi connectivity index (χ3n) is 18.2. The van der Waals surface area contributed by atoms with Crippen LogP contribution in [0, 0.1) is 59.2 Å². The van der Waals surface area contributed by atoms with E-state index in [-0.39, 0.29) is 59.1 Å². The monoisotopic (exact) mass is 2050 g/mol. The van der Waals surface area contributed by atoms with Gasteiger partial charge in [-0.1, -0.05) is 151 Å². The van der Waals surface area contributed by atoms with Crippen LogP contribution in [0.15, 0.2) is 172 Å². The molecule has 10 N–H and O–H groups in total. The summed E-state index contributed by atoms with van der Waals surface area (Å²) >= 11 is 0. The molecule has 10 aromatic heterocycles. The fourth-order valence-electron chi connectivity index (χ4n) is 11.4. The molecule has 0 aliphatic heterocycles. The van der Waals surface area contributed by atoms with Gasteiger partial charge in [0.15, 0.2) is 5.82 Å². The van der Waals surface area contributed by atoms with E-state index < -0.39 is 0 Å². The molecule has 0 saturated carbocycles. The zero-order chi connectivity index (χ0) is 110. The molecule has 148 heavy (non-hydrogen) atoms. The predicted octanol–water partition coefficient (Wildman–Crippen LogP) is 12.6. The lowest BCUT2D eigenvalue weighted by atomic mass is 10.1. The van der Waals surface area contributed by atoms with Gasteiger partial charge in [0.25, 0.3) is 0 Å². The molecular weight excluding hydrogens is 1890 g/mol. The molecule has 10 heterocycles. The number of carbonyl (C=O) groups excluding carboxylic acids is 10. The minimum Gasteiger partial charge on any atom is -0.481 e. The van der Waals surface area contributed by atoms with Crippen LogP contribution in [0.5, 0.6) is 23.5 Å². The van der Waals surface area contributed by atoms with Crippen LogP contribution < -0.4 is 72.1 Å². The summed E-state index contributed by atoms with van der Waals surface area (Å²) in [5, 5.41) is 43.0. The van der Waals surface area contributed by atoms with Crippen LogP contribution in [0.1, 0.15) is 260 Å². The number of hydrogen-bond donors (Lipinski definition) is 10. The first-order valence-electron chi connectivity index (χ1n) is 49.5. The second-order valence-corrected chi connectivity index (χ2v) is 37.4. The number of pyridine rings is 2. The van der Waals surface area contributed by atoms with Gasteiger partial charge in [0.1, 0.15) is 18.5 Å². The van der Waals surface area contributed by atoms with E-state index in [1.165, 1.54) is 26.0 Å². The van der Waals surface area contributed by atoms with Gasteiger partial charge in [-0.05, 0) is 113 Å². The van der Waals surface area contributed by atoms with Crippen LogP contribution in [0.3, 0.4) is 0 Å². The molecule has 0 bridgehead atoms. The van der Waals surface area contributed by atoms with E-state index >= 15 is 0 Å². The molecule has 0 aromatic carbocycles. The molecule has 0 aliphatic carbocycles. The fourth-order valence-corrected chi connectivity index (χ4v) is 11.4. The number of methoxy groups -OCH3 is 4. The Bertz CT molecular complexity index is 4700. The van der Waals surface area contributed by atoms with Crippen LogP contribution in [0.25, 0.3) is 0 Å². The molecule has 0 spiro atoms. The van der Waals surface area contributed by atoms with Crippen molar-refractivity contribution in [1.82, 2.24) is 143 Å². The van der Waals surface area contributed by atoms with Gasteiger partial charge in [-0.2, -0.15) is 25.4 Å². The molecule has 10 rings (SSSR count). The molecule has 0 radical (unpaired) electrons. The van der Waals surface area contributed by atoms with Gasteiger partial charge in [-0.3, -0.25) is 62.9 Å². The zero-order valence-electron chi connectivity index (χ0n) is 90.8. The lowest BCUT2D eigenvalue weighted by Gasteiger charge is -2.09. The minimum atomic E-state index is 0.0152. The summed E-state index contributed by atoms with van der Waals surface area (Å²) in [6.45, 7) is 44.8.